The summed E-state index contributed by atoms with van der Waals surface area (Å²) in [5, 5.41) is 15.2. The molecule has 0 radical (unpaired) electrons. The number of benzene rings is 2. The lowest BCUT2D eigenvalue weighted by molar-refractivity contribution is -0.110. The Morgan fingerprint density at radius 3 is 2.47 bits per heavy atom. The summed E-state index contributed by atoms with van der Waals surface area (Å²) in [4.78, 5) is 40.0. The van der Waals surface area contributed by atoms with Crippen molar-refractivity contribution in [3.05, 3.63) is 87.7 Å². The molecule has 0 spiro atoms. The fourth-order valence-electron chi connectivity index (χ4n) is 3.96. The van der Waals surface area contributed by atoms with Crippen molar-refractivity contribution in [1.82, 2.24) is 10.3 Å². The van der Waals surface area contributed by atoms with E-state index in [9.17, 15) is 19.5 Å². The first-order valence-electron chi connectivity index (χ1n) is 10.2. The van der Waals surface area contributed by atoms with Gasteiger partial charge in [0, 0.05) is 28.2 Å². The van der Waals surface area contributed by atoms with Crippen molar-refractivity contribution in [2.24, 2.45) is 0 Å². The molecule has 1 aliphatic rings. The molecule has 2 amide bonds. The molecular weight excluding hydrogens is 406 g/mol. The van der Waals surface area contributed by atoms with E-state index in [0.29, 0.717) is 39.3 Å². The third-order valence-electron chi connectivity index (χ3n) is 5.69. The minimum atomic E-state index is -1.02. The van der Waals surface area contributed by atoms with Gasteiger partial charge in [-0.1, -0.05) is 30.3 Å². The van der Waals surface area contributed by atoms with Gasteiger partial charge in [-0.05, 0) is 56.2 Å². The van der Waals surface area contributed by atoms with Crippen LogP contribution in [0.4, 0.5) is 5.69 Å². The normalized spacial score (nSPS) is 14.7. The zero-order valence-electron chi connectivity index (χ0n) is 17.9. The number of carbonyl (C=O) groups excluding carboxylic acids is 2. The molecule has 1 aromatic heterocycles. The van der Waals surface area contributed by atoms with Crippen LogP contribution in [0.25, 0.3) is 11.6 Å². The van der Waals surface area contributed by atoms with Gasteiger partial charge in [-0.15, -0.1) is 0 Å². The summed E-state index contributed by atoms with van der Waals surface area (Å²) in [7, 11) is 0. The highest BCUT2D eigenvalue weighted by atomic mass is 16.4. The number of aromatic amines is 1. The number of fused-ring (bicyclic) bond motifs is 1. The van der Waals surface area contributed by atoms with E-state index in [1.165, 1.54) is 0 Å². The predicted octanol–water partition coefficient (Wildman–Crippen LogP) is 4.31. The number of nitrogens with one attached hydrogen (secondary N) is 3. The van der Waals surface area contributed by atoms with Gasteiger partial charge in [0.2, 0.25) is 0 Å². The summed E-state index contributed by atoms with van der Waals surface area (Å²) in [6, 6.07) is 14.5. The molecule has 0 unspecified atom stereocenters. The van der Waals surface area contributed by atoms with Crippen LogP contribution in [0.3, 0.4) is 0 Å². The van der Waals surface area contributed by atoms with Gasteiger partial charge in [0.05, 0.1) is 17.2 Å². The number of hydrogen-bond donors (Lipinski definition) is 4. The van der Waals surface area contributed by atoms with E-state index in [2.05, 4.69) is 15.6 Å². The largest absolute Gasteiger partial charge is 0.478 e. The Morgan fingerprint density at radius 2 is 1.81 bits per heavy atom. The number of aryl methyl sites for hydroxylation is 1. The molecule has 2 heterocycles. The van der Waals surface area contributed by atoms with E-state index in [0.717, 1.165) is 5.56 Å². The lowest BCUT2D eigenvalue weighted by Crippen LogP contribution is -2.26. The fourth-order valence-corrected chi connectivity index (χ4v) is 3.96. The summed E-state index contributed by atoms with van der Waals surface area (Å²) in [5.74, 6) is -1.58. The Bertz CT molecular complexity index is 1270. The molecule has 1 aliphatic heterocycles. The Hall–Kier alpha value is -4.13. The first-order valence-corrected chi connectivity index (χ1v) is 10.2. The van der Waals surface area contributed by atoms with Crippen LogP contribution in [0, 0.1) is 13.8 Å². The van der Waals surface area contributed by atoms with E-state index in [1.807, 2.05) is 37.3 Å². The number of anilines is 1. The number of hydrogen-bond acceptors (Lipinski definition) is 3. The molecule has 7 heteroatoms. The van der Waals surface area contributed by atoms with Gasteiger partial charge in [-0.2, -0.15) is 0 Å². The minimum Gasteiger partial charge on any atom is -0.478 e. The second kappa shape index (κ2) is 8.19. The number of aromatic carboxylic acids is 1. The second-order valence-electron chi connectivity index (χ2n) is 7.85. The van der Waals surface area contributed by atoms with Crippen LogP contribution in [0.2, 0.25) is 0 Å². The van der Waals surface area contributed by atoms with Gasteiger partial charge in [0.25, 0.3) is 11.8 Å². The maximum Gasteiger partial charge on any atom is 0.337 e. The summed E-state index contributed by atoms with van der Waals surface area (Å²) in [5.41, 5.74) is 4.80. The van der Waals surface area contributed by atoms with Crippen LogP contribution in [0.1, 0.15) is 61.8 Å². The number of carboxylic acids is 1. The first-order chi connectivity index (χ1) is 15.3. The fraction of sp³-hybridized carbons (Fsp3) is 0.160. The van der Waals surface area contributed by atoms with Crippen LogP contribution in [-0.2, 0) is 4.79 Å². The summed E-state index contributed by atoms with van der Waals surface area (Å²) in [6.45, 7) is 5.28. The monoisotopic (exact) mass is 429 g/mol. The van der Waals surface area contributed by atoms with Gasteiger partial charge < -0.3 is 20.7 Å². The topological polar surface area (TPSA) is 111 Å². The number of carbonyl (C=O) groups is 3. The highest BCUT2D eigenvalue weighted by Crippen LogP contribution is 2.35. The van der Waals surface area contributed by atoms with E-state index in [1.54, 1.807) is 38.1 Å². The predicted molar refractivity (Wildman–Crippen MR) is 122 cm³/mol. The maximum absolute atomic E-state index is 12.8. The van der Waals surface area contributed by atoms with E-state index >= 15 is 0 Å². The van der Waals surface area contributed by atoms with Gasteiger partial charge in [-0.25, -0.2) is 4.79 Å². The summed E-state index contributed by atoms with van der Waals surface area (Å²) in [6.07, 6.45) is 1.63. The van der Waals surface area contributed by atoms with Gasteiger partial charge in [-0.3, -0.25) is 9.59 Å². The quantitative estimate of drug-likeness (QED) is 0.453. The number of rotatable bonds is 5. The van der Waals surface area contributed by atoms with Crippen LogP contribution < -0.4 is 10.6 Å². The zero-order chi connectivity index (χ0) is 23.0. The molecule has 0 aliphatic carbocycles. The van der Waals surface area contributed by atoms with Crippen molar-refractivity contribution >= 4 is 35.1 Å². The number of aromatic nitrogens is 1. The molecule has 4 N–H and O–H groups in total. The van der Waals surface area contributed by atoms with Crippen LogP contribution >= 0.6 is 0 Å². The standard InChI is InChI=1S/C25H23N3O4/c1-13-21(26-15(3)22(13)25(31)32)12-19-18-11-17(9-10-20(18)28-24(19)30)23(29)27-14(2)16-7-5-4-6-8-16/h4-12,14,26H,1-3H3,(H,27,29)(H,28,30)(H,31,32)/b19-12-/t14-/m1/s1. The average Bonchev–Trinajstić information content (AvgIpc) is 3.23. The van der Waals surface area contributed by atoms with Crippen molar-refractivity contribution in [2.45, 2.75) is 26.8 Å². The van der Waals surface area contributed by atoms with Crippen LogP contribution in [-0.4, -0.2) is 27.9 Å². The molecule has 32 heavy (non-hydrogen) atoms. The molecule has 0 saturated heterocycles. The summed E-state index contributed by atoms with van der Waals surface area (Å²) < 4.78 is 0. The Balaban J connectivity index is 1.66. The van der Waals surface area contributed by atoms with Gasteiger partial charge >= 0.3 is 5.97 Å². The van der Waals surface area contributed by atoms with Crippen LogP contribution in [0.15, 0.2) is 48.5 Å². The molecule has 7 nitrogen and oxygen atoms in total. The molecule has 3 aromatic rings. The minimum absolute atomic E-state index is 0.175. The van der Waals surface area contributed by atoms with Crippen LogP contribution in [0.5, 0.6) is 0 Å². The highest BCUT2D eigenvalue weighted by Gasteiger charge is 2.27. The molecule has 0 bridgehead atoms. The zero-order valence-corrected chi connectivity index (χ0v) is 17.9. The Morgan fingerprint density at radius 1 is 1.09 bits per heavy atom. The second-order valence-corrected chi connectivity index (χ2v) is 7.85. The van der Waals surface area contributed by atoms with Gasteiger partial charge in [0.1, 0.15) is 0 Å². The third-order valence-corrected chi connectivity index (χ3v) is 5.69. The average molecular weight is 429 g/mol. The molecule has 4 rings (SSSR count). The third kappa shape index (κ3) is 3.80. The molecule has 0 fully saturated rings. The molecular formula is C25H23N3O4. The van der Waals surface area contributed by atoms with Gasteiger partial charge in [0.15, 0.2) is 0 Å². The molecule has 162 valence electrons. The molecule has 1 atom stereocenters. The SMILES string of the molecule is Cc1[nH]c(/C=C2\C(=O)Nc3ccc(C(=O)N[C@H](C)c4ccccc4)cc32)c(C)c1C(=O)O. The lowest BCUT2D eigenvalue weighted by Gasteiger charge is -2.14. The summed E-state index contributed by atoms with van der Waals surface area (Å²) >= 11 is 0. The van der Waals surface area contributed by atoms with Crippen molar-refractivity contribution in [1.29, 1.82) is 0 Å². The van der Waals surface area contributed by atoms with Crippen molar-refractivity contribution in [3.63, 3.8) is 0 Å². The lowest BCUT2D eigenvalue weighted by atomic mass is 10.0. The first kappa shape index (κ1) is 21.1. The maximum atomic E-state index is 12.8. The van der Waals surface area contributed by atoms with Crippen molar-refractivity contribution in [2.75, 3.05) is 5.32 Å². The number of carboxylic acid groups (broad SMARTS) is 1. The molecule has 2 aromatic carbocycles. The van der Waals surface area contributed by atoms with Crippen molar-refractivity contribution in [3.8, 4) is 0 Å². The number of H-pyrrole nitrogens is 1. The van der Waals surface area contributed by atoms with E-state index in [4.69, 9.17) is 0 Å². The Kier molecular flexibility index (Phi) is 5.40. The number of amides is 2. The smallest absolute Gasteiger partial charge is 0.337 e. The molecule has 0 saturated carbocycles. The van der Waals surface area contributed by atoms with E-state index in [-0.39, 0.29) is 23.4 Å². The van der Waals surface area contributed by atoms with Crippen molar-refractivity contribution < 1.29 is 19.5 Å². The highest BCUT2D eigenvalue weighted by molar-refractivity contribution is 6.35. The van der Waals surface area contributed by atoms with E-state index < -0.39 is 5.97 Å². The Labute approximate surface area is 185 Å².